The highest BCUT2D eigenvalue weighted by Gasteiger charge is 2.25. The third-order valence-corrected chi connectivity index (χ3v) is 7.86. The van der Waals surface area contributed by atoms with Crippen molar-refractivity contribution in [3.63, 3.8) is 0 Å². The molecule has 0 radical (unpaired) electrons. The summed E-state index contributed by atoms with van der Waals surface area (Å²) in [6.07, 6.45) is 7.58. The summed E-state index contributed by atoms with van der Waals surface area (Å²) >= 11 is 0. The van der Waals surface area contributed by atoms with Crippen LogP contribution in [0.15, 0.2) is 47.8 Å². The van der Waals surface area contributed by atoms with Gasteiger partial charge in [-0.3, -0.25) is 4.68 Å². The van der Waals surface area contributed by atoms with Gasteiger partial charge < -0.3 is 14.8 Å². The third-order valence-electron chi connectivity index (χ3n) is 6.64. The van der Waals surface area contributed by atoms with E-state index in [0.29, 0.717) is 24.8 Å². The lowest BCUT2D eigenvalue weighted by Crippen LogP contribution is -2.35. The Morgan fingerprint density at radius 3 is 2.73 bits per heavy atom. The maximum absolute atomic E-state index is 13.0. The first-order valence-electron chi connectivity index (χ1n) is 12.5. The summed E-state index contributed by atoms with van der Waals surface area (Å²) in [4.78, 5) is 17.3. The number of benzene rings is 1. The molecule has 1 saturated heterocycles. The van der Waals surface area contributed by atoms with Crippen molar-refractivity contribution in [2.24, 2.45) is 0 Å². The smallest absolute Gasteiger partial charge is 0.333 e. The minimum absolute atomic E-state index is 0.00656. The molecule has 196 valence electrons. The van der Waals surface area contributed by atoms with Crippen molar-refractivity contribution in [2.45, 2.75) is 63.1 Å². The molecule has 3 heterocycles. The lowest BCUT2D eigenvalue weighted by Gasteiger charge is -2.23. The molecule has 1 aliphatic heterocycles. The number of rotatable bonds is 7. The van der Waals surface area contributed by atoms with E-state index in [9.17, 15) is 13.2 Å². The van der Waals surface area contributed by atoms with Crippen LogP contribution < -0.4 is 14.8 Å². The van der Waals surface area contributed by atoms with Gasteiger partial charge in [-0.15, -0.1) is 0 Å². The van der Waals surface area contributed by atoms with Crippen molar-refractivity contribution in [3.05, 3.63) is 53.9 Å². The number of anilines is 1. The number of pyridine rings is 1. The van der Waals surface area contributed by atoms with Crippen LogP contribution in [0.5, 0.6) is 5.88 Å². The van der Waals surface area contributed by atoms with E-state index in [1.54, 1.807) is 12.4 Å². The molecule has 11 heteroatoms. The Hall–Kier alpha value is -3.44. The monoisotopic (exact) mass is 525 g/mol. The number of hydrogen-bond donors (Lipinski definition) is 2. The number of fused-ring (bicyclic) bond motifs is 1. The highest BCUT2D eigenvalue weighted by molar-refractivity contribution is 7.90. The summed E-state index contributed by atoms with van der Waals surface area (Å²) in [6.45, 7) is 5.11. The van der Waals surface area contributed by atoms with Gasteiger partial charge in [0.25, 0.3) is 10.0 Å². The second kappa shape index (κ2) is 10.5. The molecular formula is C26H31N5O5S. The molecule has 0 bridgehead atoms. The maximum Gasteiger partial charge on any atom is 0.333 e. The summed E-state index contributed by atoms with van der Waals surface area (Å²) in [5.41, 5.74) is 4.35. The van der Waals surface area contributed by atoms with Crippen LogP contribution in [0.4, 0.5) is 10.5 Å². The molecule has 0 spiro atoms. The Labute approximate surface area is 216 Å². The van der Waals surface area contributed by atoms with Gasteiger partial charge in [-0.05, 0) is 61.9 Å². The molecule has 0 saturated carbocycles. The van der Waals surface area contributed by atoms with E-state index in [1.807, 2.05) is 32.0 Å². The van der Waals surface area contributed by atoms with Crippen molar-refractivity contribution >= 4 is 21.7 Å². The molecule has 2 N–H and O–H groups in total. The molecule has 1 fully saturated rings. The number of ether oxygens (including phenoxy) is 2. The molecule has 3 aromatic rings. The standard InChI is InChI=1S/C26H31N5O5S/c1-17(2)31-13-9-24(29-31)37(33,34)30-26(32)28-25-21-5-3-4-18(21)6-7-22(25)19-8-12-27-23(16-19)36-20-10-14-35-15-11-20/h6-9,12-13,16-17,20H,3-5,10-11,14-15H2,1-2H3,(H2,28,30,32). The Kier molecular flexibility index (Phi) is 7.16. The van der Waals surface area contributed by atoms with Gasteiger partial charge in [-0.1, -0.05) is 12.1 Å². The zero-order valence-electron chi connectivity index (χ0n) is 20.9. The summed E-state index contributed by atoms with van der Waals surface area (Å²) in [6, 6.07) is 8.25. The first-order chi connectivity index (χ1) is 17.8. The van der Waals surface area contributed by atoms with E-state index < -0.39 is 16.1 Å². The van der Waals surface area contributed by atoms with Gasteiger partial charge >= 0.3 is 6.03 Å². The molecule has 0 atom stereocenters. The van der Waals surface area contributed by atoms with E-state index in [1.165, 1.54) is 10.7 Å². The fourth-order valence-corrected chi connectivity index (χ4v) is 5.56. The van der Waals surface area contributed by atoms with Crippen LogP contribution in [0, 0.1) is 0 Å². The zero-order valence-corrected chi connectivity index (χ0v) is 21.8. The largest absolute Gasteiger partial charge is 0.474 e. The predicted molar refractivity (Wildman–Crippen MR) is 138 cm³/mol. The quantitative estimate of drug-likeness (QED) is 0.476. The fraction of sp³-hybridized carbons (Fsp3) is 0.423. The van der Waals surface area contributed by atoms with Gasteiger partial charge in [0.1, 0.15) is 6.10 Å². The Morgan fingerprint density at radius 2 is 1.97 bits per heavy atom. The van der Waals surface area contributed by atoms with Crippen LogP contribution in [0.25, 0.3) is 11.1 Å². The number of carbonyl (C=O) groups is 1. The Morgan fingerprint density at radius 1 is 1.16 bits per heavy atom. The lowest BCUT2D eigenvalue weighted by molar-refractivity contribution is 0.0237. The van der Waals surface area contributed by atoms with Gasteiger partial charge in [0, 0.05) is 42.9 Å². The molecule has 1 aliphatic carbocycles. The van der Waals surface area contributed by atoms with E-state index in [4.69, 9.17) is 9.47 Å². The molecule has 1 aromatic carbocycles. The number of hydrogen-bond acceptors (Lipinski definition) is 7. The number of nitrogens with zero attached hydrogens (tertiary/aromatic N) is 3. The van der Waals surface area contributed by atoms with Crippen molar-refractivity contribution in [2.75, 3.05) is 18.5 Å². The van der Waals surface area contributed by atoms with Gasteiger partial charge in [0.15, 0.2) is 5.03 Å². The number of sulfonamides is 1. The number of nitrogens with one attached hydrogen (secondary N) is 2. The number of amides is 2. The molecule has 2 aromatic heterocycles. The van der Waals surface area contributed by atoms with Gasteiger partial charge in [-0.25, -0.2) is 14.5 Å². The van der Waals surface area contributed by atoms with Crippen molar-refractivity contribution in [1.29, 1.82) is 0 Å². The van der Waals surface area contributed by atoms with Gasteiger partial charge in [0.2, 0.25) is 5.88 Å². The second-order valence-corrected chi connectivity index (χ2v) is 11.2. The first-order valence-corrected chi connectivity index (χ1v) is 14.0. The van der Waals surface area contributed by atoms with Crippen LogP contribution in [-0.2, 0) is 27.6 Å². The van der Waals surface area contributed by atoms with Crippen LogP contribution >= 0.6 is 0 Å². The van der Waals surface area contributed by atoms with E-state index in [0.717, 1.165) is 54.4 Å². The fourth-order valence-electron chi connectivity index (χ4n) is 4.72. The van der Waals surface area contributed by atoms with Gasteiger partial charge in [-0.2, -0.15) is 13.5 Å². The number of carbonyl (C=O) groups excluding carboxylic acids is 1. The first kappa shape index (κ1) is 25.2. The number of aromatic nitrogens is 3. The van der Waals surface area contributed by atoms with E-state index in [2.05, 4.69) is 26.2 Å². The summed E-state index contributed by atoms with van der Waals surface area (Å²) in [7, 11) is -4.14. The van der Waals surface area contributed by atoms with Crippen molar-refractivity contribution in [1.82, 2.24) is 19.5 Å². The van der Waals surface area contributed by atoms with Crippen LogP contribution in [0.3, 0.4) is 0 Å². The number of urea groups is 1. The molecule has 5 rings (SSSR count). The van der Waals surface area contributed by atoms with E-state index >= 15 is 0 Å². The van der Waals surface area contributed by atoms with Gasteiger partial charge in [0.05, 0.1) is 18.9 Å². The minimum Gasteiger partial charge on any atom is -0.474 e. The molecule has 2 amide bonds. The SMILES string of the molecule is CC(C)n1ccc(S(=O)(=O)NC(=O)Nc2c(-c3ccnc(OC4CCOCC4)c3)ccc3c2CCC3)n1. The molecule has 0 unspecified atom stereocenters. The Balaban J connectivity index is 1.40. The van der Waals surface area contributed by atoms with E-state index in [-0.39, 0.29) is 17.2 Å². The average Bonchev–Trinajstić information content (AvgIpc) is 3.56. The van der Waals surface area contributed by atoms with Crippen LogP contribution in [-0.4, -0.2) is 48.5 Å². The maximum atomic E-state index is 13.0. The topological polar surface area (TPSA) is 124 Å². The third kappa shape index (κ3) is 5.62. The van der Waals surface area contributed by atoms with Crippen molar-refractivity contribution < 1.29 is 22.7 Å². The predicted octanol–water partition coefficient (Wildman–Crippen LogP) is 4.08. The van der Waals surface area contributed by atoms with Crippen LogP contribution in [0.1, 0.15) is 50.3 Å². The highest BCUT2D eigenvalue weighted by atomic mass is 32.2. The molecular weight excluding hydrogens is 494 g/mol. The molecule has 10 nitrogen and oxygen atoms in total. The highest BCUT2D eigenvalue weighted by Crippen LogP contribution is 2.38. The summed E-state index contributed by atoms with van der Waals surface area (Å²) in [5, 5.41) is 6.69. The summed E-state index contributed by atoms with van der Waals surface area (Å²) < 4.78 is 40.7. The van der Waals surface area contributed by atoms with Crippen molar-refractivity contribution in [3.8, 4) is 17.0 Å². The summed E-state index contributed by atoms with van der Waals surface area (Å²) in [5.74, 6) is 0.503. The van der Waals surface area contributed by atoms with Crippen LogP contribution in [0.2, 0.25) is 0 Å². The normalized spacial score (nSPS) is 16.0. The Bertz CT molecular complexity index is 1400. The number of aryl methyl sites for hydroxylation is 1. The lowest BCUT2D eigenvalue weighted by atomic mass is 9.98. The molecule has 37 heavy (non-hydrogen) atoms. The minimum atomic E-state index is -4.14. The zero-order chi connectivity index (χ0) is 26.0. The average molecular weight is 526 g/mol. The second-order valence-electron chi connectivity index (χ2n) is 9.58. The molecule has 2 aliphatic rings.